The van der Waals surface area contributed by atoms with E-state index >= 15 is 0 Å². The van der Waals surface area contributed by atoms with Gasteiger partial charge in [0.1, 0.15) is 0 Å². The molecule has 3 N–H and O–H groups in total. The molecule has 0 aliphatic carbocycles. The number of nitrogens with one attached hydrogen (secondary N) is 1. The number of nitrogens with two attached hydrogens (primary N) is 1. The average molecular weight is 583 g/mol. The maximum absolute atomic E-state index is 12.6. The predicted molar refractivity (Wildman–Crippen MR) is 170 cm³/mol. The number of carbonyl (C=O) groups excluding carboxylic acids is 2. The fourth-order valence-electron chi connectivity index (χ4n) is 6.23. The zero-order chi connectivity index (χ0) is 30.3. The maximum Gasteiger partial charge on any atom is 0.330 e. The lowest BCUT2D eigenvalue weighted by Gasteiger charge is -2.32. The van der Waals surface area contributed by atoms with E-state index in [1.165, 1.54) is 16.7 Å². The van der Waals surface area contributed by atoms with Crippen molar-refractivity contribution in [3.8, 4) is 11.1 Å². The first-order valence-electron chi connectivity index (χ1n) is 15.3. The summed E-state index contributed by atoms with van der Waals surface area (Å²) < 4.78 is 5.50. The van der Waals surface area contributed by atoms with Gasteiger partial charge in [-0.15, -0.1) is 5.06 Å². The predicted octanol–water partition coefficient (Wildman–Crippen LogP) is 5.91. The Morgan fingerprint density at radius 1 is 0.953 bits per heavy atom. The van der Waals surface area contributed by atoms with Crippen LogP contribution in [0.5, 0.6) is 0 Å². The summed E-state index contributed by atoms with van der Waals surface area (Å²) in [5, 5.41) is 3.86. The number of rotatable bonds is 6. The number of nitrogens with zero attached hydrogens (tertiary/aromatic N) is 2. The number of aromatic nitrogens is 1. The van der Waals surface area contributed by atoms with Crippen LogP contribution in [0.3, 0.4) is 0 Å². The van der Waals surface area contributed by atoms with E-state index in [2.05, 4.69) is 59.3 Å². The van der Waals surface area contributed by atoms with Crippen LogP contribution in [0.25, 0.3) is 32.9 Å². The maximum atomic E-state index is 12.6. The Kier molecular flexibility index (Phi) is 8.02. The Hall–Kier alpha value is -3.72. The molecule has 3 aromatic carbocycles. The number of hydrogen-bond acceptors (Lipinski definition) is 6. The van der Waals surface area contributed by atoms with Crippen molar-refractivity contribution in [1.82, 2.24) is 14.9 Å². The number of piperidine rings is 1. The quantitative estimate of drug-likeness (QED) is 0.293. The summed E-state index contributed by atoms with van der Waals surface area (Å²) >= 11 is 0. The van der Waals surface area contributed by atoms with Crippen molar-refractivity contribution in [1.29, 1.82) is 0 Å². The minimum atomic E-state index is -0.521. The lowest BCUT2D eigenvalue weighted by molar-refractivity contribution is -0.204. The van der Waals surface area contributed by atoms with E-state index in [9.17, 15) is 9.59 Å². The molecule has 6 rings (SSSR count). The van der Waals surface area contributed by atoms with Crippen molar-refractivity contribution in [2.45, 2.75) is 53.0 Å². The molecular formula is C35H42N4O4. The van der Waals surface area contributed by atoms with E-state index in [0.717, 1.165) is 78.6 Å². The third-order valence-corrected chi connectivity index (χ3v) is 8.92. The topological polar surface area (TPSA) is 101 Å². The third kappa shape index (κ3) is 6.18. The number of hydroxylamine groups is 2. The summed E-state index contributed by atoms with van der Waals surface area (Å²) in [7, 11) is 0. The van der Waals surface area contributed by atoms with Gasteiger partial charge in [-0.1, -0.05) is 30.3 Å². The van der Waals surface area contributed by atoms with Crippen LogP contribution in [-0.4, -0.2) is 66.2 Å². The van der Waals surface area contributed by atoms with Crippen molar-refractivity contribution < 1.29 is 19.2 Å². The van der Waals surface area contributed by atoms with Crippen molar-refractivity contribution in [2.75, 3.05) is 39.4 Å². The van der Waals surface area contributed by atoms with Gasteiger partial charge in [0.05, 0.1) is 29.7 Å². The molecule has 8 nitrogen and oxygen atoms in total. The fourth-order valence-corrected chi connectivity index (χ4v) is 6.23. The number of fused-ring (bicyclic) bond motifs is 3. The highest BCUT2D eigenvalue weighted by Crippen LogP contribution is 2.36. The summed E-state index contributed by atoms with van der Waals surface area (Å²) in [5.41, 5.74) is 13.5. The molecule has 226 valence electrons. The number of carbonyl (C=O) groups is 2. The Morgan fingerprint density at radius 3 is 2.37 bits per heavy atom. The highest BCUT2D eigenvalue weighted by molar-refractivity contribution is 6.16. The van der Waals surface area contributed by atoms with E-state index in [4.69, 9.17) is 15.3 Å². The molecule has 3 heterocycles. The van der Waals surface area contributed by atoms with Crippen LogP contribution >= 0.6 is 0 Å². The number of benzene rings is 3. The number of hydrogen-bond donors (Lipinski definition) is 2. The number of H-pyrrole nitrogens is 1. The summed E-state index contributed by atoms with van der Waals surface area (Å²) in [6.45, 7) is 13.6. The van der Waals surface area contributed by atoms with Crippen LogP contribution in [0.15, 0.2) is 48.5 Å². The average Bonchev–Trinajstić information content (AvgIpc) is 3.36. The van der Waals surface area contributed by atoms with Crippen molar-refractivity contribution >= 4 is 33.7 Å². The van der Waals surface area contributed by atoms with E-state index in [1.54, 1.807) is 5.06 Å². The minimum Gasteiger partial charge on any atom is -0.379 e. The molecule has 2 aliphatic heterocycles. The lowest BCUT2D eigenvalue weighted by atomic mass is 9.89. The molecule has 2 aliphatic rings. The van der Waals surface area contributed by atoms with Gasteiger partial charge in [0.2, 0.25) is 0 Å². The second kappa shape index (κ2) is 11.8. The molecule has 0 radical (unpaired) electrons. The first-order valence-corrected chi connectivity index (χ1v) is 15.3. The lowest BCUT2D eigenvalue weighted by Crippen LogP contribution is -2.38. The number of morpholine rings is 1. The van der Waals surface area contributed by atoms with Crippen LogP contribution < -0.4 is 5.73 Å². The van der Waals surface area contributed by atoms with Crippen LogP contribution in [-0.2, 0) is 20.9 Å². The molecule has 1 amide bonds. The Labute approximate surface area is 253 Å². The van der Waals surface area contributed by atoms with Crippen molar-refractivity contribution in [3.05, 3.63) is 70.8 Å². The number of aromatic amines is 1. The Morgan fingerprint density at radius 2 is 1.70 bits per heavy atom. The van der Waals surface area contributed by atoms with E-state index in [-0.39, 0.29) is 5.97 Å². The van der Waals surface area contributed by atoms with Gasteiger partial charge >= 0.3 is 5.97 Å². The molecule has 0 atom stereocenters. The van der Waals surface area contributed by atoms with Crippen molar-refractivity contribution in [2.24, 2.45) is 11.1 Å². The first-order chi connectivity index (χ1) is 20.6. The largest absolute Gasteiger partial charge is 0.379 e. The summed E-state index contributed by atoms with van der Waals surface area (Å²) in [5.74, 6) is -0.281. The highest BCUT2D eigenvalue weighted by atomic mass is 16.7. The fraction of sp³-hybridized carbons (Fsp3) is 0.429. The van der Waals surface area contributed by atoms with Gasteiger partial charge < -0.3 is 20.3 Å². The normalized spacial score (nSPS) is 17.5. The van der Waals surface area contributed by atoms with Crippen LogP contribution in [0.2, 0.25) is 0 Å². The van der Waals surface area contributed by atoms with E-state index < -0.39 is 11.3 Å². The SMILES string of the molecule is Cc1cc(-c2cc(C(N)=O)c3[nH]c4cc(C5CCN(OC(=O)C(C)(C)C)CC5)ccc4c3c2)ccc1CN1CCOCC1. The van der Waals surface area contributed by atoms with Gasteiger partial charge in [-0.05, 0) is 92.5 Å². The van der Waals surface area contributed by atoms with Crippen LogP contribution in [0.4, 0.5) is 0 Å². The Bertz CT molecular complexity index is 1670. The summed E-state index contributed by atoms with van der Waals surface area (Å²) in [6, 6.07) is 17.2. The molecule has 4 aromatic rings. The van der Waals surface area contributed by atoms with Crippen LogP contribution in [0.1, 0.15) is 66.6 Å². The van der Waals surface area contributed by atoms with Gasteiger partial charge in [0, 0.05) is 49.0 Å². The van der Waals surface area contributed by atoms with Crippen molar-refractivity contribution in [3.63, 3.8) is 0 Å². The zero-order valence-corrected chi connectivity index (χ0v) is 25.7. The standard InChI is InChI=1S/C35H42N4O4/c1-22-17-24(5-6-26(22)21-38-13-15-42-16-14-38)27-18-29-28-8-7-25(20-31(28)37-32(29)30(19-27)33(36)40)23-9-11-39(12-10-23)43-34(41)35(2,3)4/h5-8,17-20,23,37H,9-16,21H2,1-4H3,(H2,36,40). The van der Waals surface area contributed by atoms with E-state index in [0.29, 0.717) is 24.6 Å². The minimum absolute atomic E-state index is 0.200. The Balaban J connectivity index is 1.26. The highest BCUT2D eigenvalue weighted by Gasteiger charge is 2.29. The summed E-state index contributed by atoms with van der Waals surface area (Å²) in [6.07, 6.45) is 1.81. The smallest absolute Gasteiger partial charge is 0.330 e. The molecule has 1 aromatic heterocycles. The molecule has 2 fully saturated rings. The molecule has 0 saturated carbocycles. The van der Waals surface area contributed by atoms with E-state index in [1.807, 2.05) is 26.8 Å². The second-order valence-electron chi connectivity index (χ2n) is 13.1. The third-order valence-electron chi connectivity index (χ3n) is 8.92. The van der Waals surface area contributed by atoms with Gasteiger partial charge in [-0.2, -0.15) is 0 Å². The molecule has 2 saturated heterocycles. The van der Waals surface area contributed by atoms with Gasteiger partial charge in [-0.3, -0.25) is 9.69 Å². The number of ether oxygens (including phenoxy) is 1. The molecule has 43 heavy (non-hydrogen) atoms. The first kappa shape index (κ1) is 29.4. The monoisotopic (exact) mass is 582 g/mol. The number of amides is 1. The number of primary amides is 1. The zero-order valence-electron chi connectivity index (χ0n) is 25.7. The van der Waals surface area contributed by atoms with Gasteiger partial charge in [0.15, 0.2) is 0 Å². The molecule has 8 heteroatoms. The molecule has 0 bridgehead atoms. The second-order valence-corrected chi connectivity index (χ2v) is 13.1. The number of aryl methyl sites for hydroxylation is 1. The summed E-state index contributed by atoms with van der Waals surface area (Å²) in [4.78, 5) is 36.5. The molecule has 0 spiro atoms. The van der Waals surface area contributed by atoms with Gasteiger partial charge in [-0.25, -0.2) is 4.79 Å². The molecule has 0 unspecified atom stereocenters. The molecular weight excluding hydrogens is 540 g/mol. The van der Waals surface area contributed by atoms with Crippen LogP contribution in [0, 0.1) is 12.3 Å². The van der Waals surface area contributed by atoms with Gasteiger partial charge in [0.25, 0.3) is 5.91 Å².